The summed E-state index contributed by atoms with van der Waals surface area (Å²) < 4.78 is 38.0. The maximum atomic E-state index is 12.7. The van der Waals surface area contributed by atoms with Crippen LogP contribution in [0.25, 0.3) is 0 Å². The molecule has 0 atom stereocenters. The van der Waals surface area contributed by atoms with E-state index in [2.05, 4.69) is 10.3 Å². The second-order valence-electron chi connectivity index (χ2n) is 3.88. The second-order valence-corrected chi connectivity index (χ2v) is 4.32. The third-order valence-electron chi connectivity index (χ3n) is 2.45. The summed E-state index contributed by atoms with van der Waals surface area (Å²) in [5.74, 6) is 0. The molecule has 1 N–H and O–H groups in total. The van der Waals surface area contributed by atoms with Gasteiger partial charge >= 0.3 is 6.18 Å². The minimum absolute atomic E-state index is 0.0512. The van der Waals surface area contributed by atoms with Gasteiger partial charge in [0.25, 0.3) is 0 Å². The molecular formula is C13H7ClF3N3. The smallest absolute Gasteiger partial charge is 0.353 e. The molecule has 0 spiro atoms. The molecule has 0 amide bonds. The highest BCUT2D eigenvalue weighted by atomic mass is 35.5. The number of nitrogens with one attached hydrogen (secondary N) is 1. The zero-order valence-electron chi connectivity index (χ0n) is 9.87. The molecule has 1 heterocycles. The van der Waals surface area contributed by atoms with Crippen LogP contribution in [0.1, 0.15) is 11.1 Å². The van der Waals surface area contributed by atoms with Gasteiger partial charge in [-0.3, -0.25) is 4.98 Å². The molecule has 1 aromatic heterocycles. The number of hydrogen-bond acceptors (Lipinski definition) is 3. The van der Waals surface area contributed by atoms with Gasteiger partial charge in [0, 0.05) is 16.9 Å². The lowest BCUT2D eigenvalue weighted by Gasteiger charge is -2.12. The molecule has 0 bridgehead atoms. The van der Waals surface area contributed by atoms with Crippen LogP contribution >= 0.6 is 11.6 Å². The molecule has 102 valence electrons. The van der Waals surface area contributed by atoms with E-state index < -0.39 is 11.7 Å². The highest BCUT2D eigenvalue weighted by molar-refractivity contribution is 6.31. The summed E-state index contributed by atoms with van der Waals surface area (Å²) in [6.45, 7) is 0. The van der Waals surface area contributed by atoms with Crippen LogP contribution in [-0.2, 0) is 6.18 Å². The number of aromatic nitrogens is 1. The molecule has 0 aliphatic rings. The number of alkyl halides is 3. The predicted molar refractivity (Wildman–Crippen MR) is 68.7 cm³/mol. The Hall–Kier alpha value is -2.26. The Morgan fingerprint density at radius 2 is 2.00 bits per heavy atom. The molecule has 0 radical (unpaired) electrons. The normalized spacial score (nSPS) is 10.9. The molecule has 0 fully saturated rings. The maximum Gasteiger partial charge on any atom is 0.416 e. The second kappa shape index (κ2) is 5.39. The van der Waals surface area contributed by atoms with E-state index in [-0.39, 0.29) is 16.3 Å². The van der Waals surface area contributed by atoms with Crippen molar-refractivity contribution in [1.29, 1.82) is 5.26 Å². The van der Waals surface area contributed by atoms with Gasteiger partial charge in [0.1, 0.15) is 6.07 Å². The third kappa shape index (κ3) is 3.19. The van der Waals surface area contributed by atoms with Crippen LogP contribution in [-0.4, -0.2) is 4.98 Å². The molecule has 20 heavy (non-hydrogen) atoms. The Balaban J connectivity index is 2.40. The topological polar surface area (TPSA) is 48.7 Å². The van der Waals surface area contributed by atoms with Gasteiger partial charge in [-0.2, -0.15) is 18.4 Å². The monoisotopic (exact) mass is 297 g/mol. The number of nitrogens with zero attached hydrogens (tertiary/aromatic N) is 2. The van der Waals surface area contributed by atoms with E-state index in [1.807, 2.05) is 6.07 Å². The van der Waals surface area contributed by atoms with Crippen molar-refractivity contribution in [2.24, 2.45) is 0 Å². The van der Waals surface area contributed by atoms with E-state index in [1.165, 1.54) is 24.5 Å². The summed E-state index contributed by atoms with van der Waals surface area (Å²) in [6.07, 6.45) is -1.72. The Morgan fingerprint density at radius 3 is 2.65 bits per heavy atom. The lowest BCUT2D eigenvalue weighted by Crippen LogP contribution is -2.05. The summed E-state index contributed by atoms with van der Waals surface area (Å²) >= 11 is 5.68. The van der Waals surface area contributed by atoms with Gasteiger partial charge in [-0.05, 0) is 24.3 Å². The molecule has 0 aliphatic carbocycles. The fraction of sp³-hybridized carbons (Fsp3) is 0.0769. The van der Waals surface area contributed by atoms with Crippen molar-refractivity contribution in [3.63, 3.8) is 0 Å². The molecule has 1 aromatic carbocycles. The lowest BCUT2D eigenvalue weighted by molar-refractivity contribution is -0.137. The molecule has 2 aromatic rings. The van der Waals surface area contributed by atoms with Crippen LogP contribution < -0.4 is 5.32 Å². The maximum absolute atomic E-state index is 12.7. The van der Waals surface area contributed by atoms with Crippen molar-refractivity contribution >= 4 is 23.0 Å². The highest BCUT2D eigenvalue weighted by Crippen LogP contribution is 2.34. The predicted octanol–water partition coefficient (Wildman–Crippen LogP) is 4.37. The number of hydrogen-bond donors (Lipinski definition) is 1. The quantitative estimate of drug-likeness (QED) is 0.895. The van der Waals surface area contributed by atoms with Crippen LogP contribution in [0.4, 0.5) is 24.5 Å². The Morgan fingerprint density at radius 1 is 1.25 bits per heavy atom. The Bertz CT molecular complexity index is 677. The van der Waals surface area contributed by atoms with Crippen molar-refractivity contribution in [3.05, 3.63) is 52.8 Å². The van der Waals surface area contributed by atoms with Gasteiger partial charge in [0.15, 0.2) is 0 Å². The highest BCUT2D eigenvalue weighted by Gasteiger charge is 2.31. The van der Waals surface area contributed by atoms with Crippen LogP contribution in [0.5, 0.6) is 0 Å². The summed E-state index contributed by atoms with van der Waals surface area (Å²) in [4.78, 5) is 3.81. The van der Waals surface area contributed by atoms with E-state index in [0.29, 0.717) is 5.69 Å². The van der Waals surface area contributed by atoms with Gasteiger partial charge in [-0.25, -0.2) is 0 Å². The van der Waals surface area contributed by atoms with Crippen LogP contribution in [0.15, 0.2) is 36.7 Å². The first-order valence-electron chi connectivity index (χ1n) is 5.39. The van der Waals surface area contributed by atoms with Crippen molar-refractivity contribution in [2.45, 2.75) is 6.18 Å². The minimum atomic E-state index is -4.49. The Kier molecular flexibility index (Phi) is 3.81. The first-order valence-corrected chi connectivity index (χ1v) is 5.77. The summed E-state index contributed by atoms with van der Waals surface area (Å²) in [6, 6.07) is 6.46. The standard InChI is InChI=1S/C13H7ClF3N3/c14-10-3-9(13(15,16)17)4-11(5-10)20-12-7-19-2-1-8(12)6-18/h1-5,7,20H. The van der Waals surface area contributed by atoms with E-state index in [1.54, 1.807) is 0 Å². The average molecular weight is 298 g/mol. The van der Waals surface area contributed by atoms with E-state index in [9.17, 15) is 13.2 Å². The van der Waals surface area contributed by atoms with Crippen molar-refractivity contribution in [1.82, 2.24) is 4.98 Å². The van der Waals surface area contributed by atoms with Crippen LogP contribution in [0, 0.1) is 11.3 Å². The van der Waals surface area contributed by atoms with E-state index in [4.69, 9.17) is 16.9 Å². The molecule has 0 saturated heterocycles. The van der Waals surface area contributed by atoms with Gasteiger partial charge in [-0.1, -0.05) is 11.6 Å². The number of anilines is 2. The number of benzene rings is 1. The average Bonchev–Trinajstić information content (AvgIpc) is 2.37. The van der Waals surface area contributed by atoms with Gasteiger partial charge in [0.2, 0.25) is 0 Å². The lowest BCUT2D eigenvalue weighted by atomic mass is 10.1. The molecule has 3 nitrogen and oxygen atoms in total. The van der Waals surface area contributed by atoms with Crippen molar-refractivity contribution in [2.75, 3.05) is 5.32 Å². The number of rotatable bonds is 2. The number of nitriles is 1. The van der Waals surface area contributed by atoms with Gasteiger partial charge in [0.05, 0.1) is 23.0 Å². The van der Waals surface area contributed by atoms with Crippen molar-refractivity contribution < 1.29 is 13.2 Å². The Labute approximate surface area is 117 Å². The summed E-state index contributed by atoms with van der Waals surface area (Å²) in [5, 5.41) is 11.6. The van der Waals surface area contributed by atoms with Gasteiger partial charge < -0.3 is 5.32 Å². The first-order chi connectivity index (χ1) is 9.40. The number of halogens is 4. The zero-order valence-corrected chi connectivity index (χ0v) is 10.6. The fourth-order valence-corrected chi connectivity index (χ4v) is 1.81. The minimum Gasteiger partial charge on any atom is -0.353 e. The van der Waals surface area contributed by atoms with Crippen LogP contribution in [0.2, 0.25) is 5.02 Å². The largest absolute Gasteiger partial charge is 0.416 e. The summed E-state index contributed by atoms with van der Waals surface area (Å²) in [5.41, 5.74) is -0.150. The fourth-order valence-electron chi connectivity index (χ4n) is 1.57. The molecule has 7 heteroatoms. The van der Waals surface area contributed by atoms with Gasteiger partial charge in [-0.15, -0.1) is 0 Å². The molecular weight excluding hydrogens is 291 g/mol. The van der Waals surface area contributed by atoms with E-state index >= 15 is 0 Å². The van der Waals surface area contributed by atoms with Crippen molar-refractivity contribution in [3.8, 4) is 6.07 Å². The first kappa shape index (κ1) is 14.2. The molecule has 2 rings (SSSR count). The number of pyridine rings is 1. The summed E-state index contributed by atoms with van der Waals surface area (Å²) in [7, 11) is 0. The molecule has 0 unspecified atom stereocenters. The SMILES string of the molecule is N#Cc1ccncc1Nc1cc(Cl)cc(C(F)(F)F)c1. The zero-order chi connectivity index (χ0) is 14.8. The van der Waals surface area contributed by atoms with Crippen LogP contribution in [0.3, 0.4) is 0 Å². The van der Waals surface area contributed by atoms with E-state index in [0.717, 1.165) is 12.1 Å². The third-order valence-corrected chi connectivity index (χ3v) is 2.66. The molecule has 0 saturated carbocycles. The molecule has 0 aliphatic heterocycles.